The Morgan fingerprint density at radius 2 is 1.26 bits per heavy atom. The van der Waals surface area contributed by atoms with Gasteiger partial charge in [0.2, 0.25) is 0 Å². The number of halogens is 4. The van der Waals surface area contributed by atoms with E-state index in [9.17, 15) is 13.2 Å². The number of rotatable bonds is 8. The van der Waals surface area contributed by atoms with Crippen molar-refractivity contribution in [3.05, 3.63) is 69.5 Å². The van der Waals surface area contributed by atoms with Gasteiger partial charge in [-0.3, -0.25) is 0 Å². The summed E-state index contributed by atoms with van der Waals surface area (Å²) in [6.45, 7) is 2.33. The van der Waals surface area contributed by atoms with Crippen LogP contribution in [0.2, 0.25) is 5.02 Å². The van der Waals surface area contributed by atoms with Gasteiger partial charge in [0, 0.05) is 0 Å². The third-order valence-corrected chi connectivity index (χ3v) is 9.01. The van der Waals surface area contributed by atoms with Crippen molar-refractivity contribution in [1.29, 1.82) is 0 Å². The Labute approximate surface area is 208 Å². The van der Waals surface area contributed by atoms with Crippen LogP contribution in [0, 0.1) is 35.2 Å². The van der Waals surface area contributed by atoms with E-state index >= 15 is 0 Å². The summed E-state index contributed by atoms with van der Waals surface area (Å²) in [5, 5.41) is -0.492. The van der Waals surface area contributed by atoms with Crippen molar-refractivity contribution in [2.75, 3.05) is 0 Å². The van der Waals surface area contributed by atoms with Gasteiger partial charge in [0.1, 0.15) is 22.5 Å². The molecule has 2 aromatic carbocycles. The van der Waals surface area contributed by atoms with Crippen molar-refractivity contribution in [3.63, 3.8) is 0 Å². The molecule has 2 aliphatic carbocycles. The standard InChI is InChI=1S/C30H38ClF3/c1-2-20-3-5-21(6-4-20)7-8-22-9-12-24(13-10-22)26-16-15-25(27(32)19-26)14-11-23-17-28(33)30(31)29(34)18-23/h15-22,24H,2-14H2,1H3. The number of hydrogen-bond acceptors (Lipinski definition) is 0. The summed E-state index contributed by atoms with van der Waals surface area (Å²) in [6.07, 6.45) is 15.4. The van der Waals surface area contributed by atoms with Crippen molar-refractivity contribution in [3.8, 4) is 0 Å². The summed E-state index contributed by atoms with van der Waals surface area (Å²) in [4.78, 5) is 0. The highest BCUT2D eigenvalue weighted by Gasteiger charge is 2.25. The normalized spacial score (nSPS) is 25.4. The van der Waals surface area contributed by atoms with Gasteiger partial charge in [-0.05, 0) is 97.1 Å². The second kappa shape index (κ2) is 12.0. The average Bonchev–Trinajstić information content (AvgIpc) is 2.86. The lowest BCUT2D eigenvalue weighted by atomic mass is 9.74. The van der Waals surface area contributed by atoms with Crippen molar-refractivity contribution >= 4 is 11.6 Å². The maximum absolute atomic E-state index is 14.8. The van der Waals surface area contributed by atoms with Gasteiger partial charge in [-0.25, -0.2) is 13.2 Å². The van der Waals surface area contributed by atoms with E-state index < -0.39 is 16.7 Å². The van der Waals surface area contributed by atoms with Crippen LogP contribution in [0.4, 0.5) is 13.2 Å². The van der Waals surface area contributed by atoms with Crippen LogP contribution in [0.3, 0.4) is 0 Å². The number of benzene rings is 2. The minimum atomic E-state index is -0.771. The van der Waals surface area contributed by atoms with Crippen LogP contribution in [-0.2, 0) is 12.8 Å². The topological polar surface area (TPSA) is 0 Å². The second-order valence-electron chi connectivity index (χ2n) is 10.8. The van der Waals surface area contributed by atoms with E-state index in [1.807, 2.05) is 6.07 Å². The van der Waals surface area contributed by atoms with Gasteiger partial charge in [-0.15, -0.1) is 0 Å². The fraction of sp³-hybridized carbons (Fsp3) is 0.600. The molecule has 0 unspecified atom stereocenters. The average molecular weight is 491 g/mol. The lowest BCUT2D eigenvalue weighted by molar-refractivity contribution is 0.227. The molecular weight excluding hydrogens is 453 g/mol. The van der Waals surface area contributed by atoms with Crippen molar-refractivity contribution in [2.24, 2.45) is 17.8 Å². The summed E-state index contributed by atoms with van der Waals surface area (Å²) in [5.74, 6) is 1.45. The summed E-state index contributed by atoms with van der Waals surface area (Å²) >= 11 is 5.54. The molecule has 0 nitrogen and oxygen atoms in total. The monoisotopic (exact) mass is 490 g/mol. The summed E-state index contributed by atoms with van der Waals surface area (Å²) in [5.41, 5.74) is 2.17. The maximum atomic E-state index is 14.8. The Kier molecular flexibility index (Phi) is 9.02. The molecule has 186 valence electrons. The molecule has 2 saturated carbocycles. The molecule has 0 N–H and O–H groups in total. The summed E-state index contributed by atoms with van der Waals surface area (Å²) < 4.78 is 42.1. The maximum Gasteiger partial charge on any atom is 0.145 e. The fourth-order valence-corrected chi connectivity index (χ4v) is 6.34. The fourth-order valence-electron chi connectivity index (χ4n) is 6.24. The van der Waals surface area contributed by atoms with E-state index in [1.54, 1.807) is 6.07 Å². The zero-order valence-electron chi connectivity index (χ0n) is 20.4. The first kappa shape index (κ1) is 25.6. The number of aryl methyl sites for hydroxylation is 2. The Morgan fingerprint density at radius 3 is 1.82 bits per heavy atom. The van der Waals surface area contributed by atoms with E-state index in [1.165, 1.54) is 69.9 Å². The highest BCUT2D eigenvalue weighted by molar-refractivity contribution is 6.30. The molecule has 0 spiro atoms. The summed E-state index contributed by atoms with van der Waals surface area (Å²) in [6, 6.07) is 8.05. The van der Waals surface area contributed by atoms with Gasteiger partial charge in [0.15, 0.2) is 0 Å². The zero-order valence-corrected chi connectivity index (χ0v) is 21.2. The highest BCUT2D eigenvalue weighted by Crippen LogP contribution is 2.40. The minimum Gasteiger partial charge on any atom is -0.207 e. The van der Waals surface area contributed by atoms with Gasteiger partial charge in [0.25, 0.3) is 0 Å². The third-order valence-electron chi connectivity index (χ3n) is 8.65. The van der Waals surface area contributed by atoms with Gasteiger partial charge in [0.05, 0.1) is 0 Å². The lowest BCUT2D eigenvalue weighted by Gasteiger charge is -2.32. The quantitative estimate of drug-likeness (QED) is 0.323. The Bertz CT molecular complexity index is 917. The van der Waals surface area contributed by atoms with Crippen LogP contribution in [-0.4, -0.2) is 0 Å². The first-order chi connectivity index (χ1) is 16.4. The predicted octanol–water partition coefficient (Wildman–Crippen LogP) is 9.81. The molecule has 0 saturated heterocycles. The van der Waals surface area contributed by atoms with Crippen LogP contribution in [0.15, 0.2) is 30.3 Å². The van der Waals surface area contributed by atoms with Crippen molar-refractivity contribution in [2.45, 2.75) is 96.3 Å². The van der Waals surface area contributed by atoms with Gasteiger partial charge >= 0.3 is 0 Å². The molecule has 0 amide bonds. The molecule has 2 aromatic rings. The smallest absolute Gasteiger partial charge is 0.145 e. The molecule has 4 heteroatoms. The molecule has 4 rings (SSSR count). The molecular formula is C30H38ClF3. The van der Waals surface area contributed by atoms with Gasteiger partial charge in [-0.2, -0.15) is 0 Å². The molecule has 0 aromatic heterocycles. The van der Waals surface area contributed by atoms with Crippen LogP contribution < -0.4 is 0 Å². The Morgan fingerprint density at radius 1 is 0.706 bits per heavy atom. The van der Waals surface area contributed by atoms with E-state index in [4.69, 9.17) is 11.6 Å². The molecule has 0 heterocycles. The molecule has 0 aliphatic heterocycles. The Hall–Kier alpha value is -1.48. The largest absolute Gasteiger partial charge is 0.207 e. The van der Waals surface area contributed by atoms with Crippen molar-refractivity contribution < 1.29 is 13.2 Å². The first-order valence-electron chi connectivity index (χ1n) is 13.3. The molecule has 0 atom stereocenters. The first-order valence-corrected chi connectivity index (χ1v) is 13.7. The second-order valence-corrected chi connectivity index (χ2v) is 11.2. The molecule has 34 heavy (non-hydrogen) atoms. The molecule has 0 radical (unpaired) electrons. The minimum absolute atomic E-state index is 0.211. The molecule has 2 aliphatic rings. The van der Waals surface area contributed by atoms with Crippen LogP contribution in [0.25, 0.3) is 0 Å². The highest BCUT2D eigenvalue weighted by atomic mass is 35.5. The number of hydrogen-bond donors (Lipinski definition) is 0. The van der Waals surface area contributed by atoms with E-state index in [2.05, 4.69) is 13.0 Å². The van der Waals surface area contributed by atoms with E-state index in [0.717, 1.165) is 36.2 Å². The van der Waals surface area contributed by atoms with E-state index in [-0.39, 0.29) is 5.82 Å². The zero-order chi connectivity index (χ0) is 24.1. The summed E-state index contributed by atoms with van der Waals surface area (Å²) in [7, 11) is 0. The van der Waals surface area contributed by atoms with Crippen LogP contribution in [0.5, 0.6) is 0 Å². The van der Waals surface area contributed by atoms with E-state index in [0.29, 0.717) is 29.9 Å². The molecule has 0 bridgehead atoms. The van der Waals surface area contributed by atoms with Crippen LogP contribution >= 0.6 is 11.6 Å². The third kappa shape index (κ3) is 6.59. The van der Waals surface area contributed by atoms with Gasteiger partial charge in [-0.1, -0.05) is 75.6 Å². The SMILES string of the molecule is CCC1CCC(CCC2CCC(c3ccc(CCc4cc(F)c(Cl)c(F)c4)c(F)c3)CC2)CC1. The Balaban J connectivity index is 1.23. The van der Waals surface area contributed by atoms with Gasteiger partial charge < -0.3 is 0 Å². The van der Waals surface area contributed by atoms with Crippen molar-refractivity contribution in [1.82, 2.24) is 0 Å². The predicted molar refractivity (Wildman–Crippen MR) is 135 cm³/mol. The molecule has 2 fully saturated rings. The lowest BCUT2D eigenvalue weighted by Crippen LogP contribution is -2.17. The van der Waals surface area contributed by atoms with Crippen LogP contribution in [0.1, 0.15) is 100 Å².